The summed E-state index contributed by atoms with van der Waals surface area (Å²) in [5, 5.41) is 10.8. The van der Waals surface area contributed by atoms with E-state index in [1.807, 2.05) is 38.1 Å². The van der Waals surface area contributed by atoms with Crippen LogP contribution in [0.1, 0.15) is 84.8 Å². The van der Waals surface area contributed by atoms with Crippen LogP contribution in [0.3, 0.4) is 0 Å². The molecule has 3 rings (SSSR count). The summed E-state index contributed by atoms with van der Waals surface area (Å²) in [7, 11) is 0. The zero-order chi connectivity index (χ0) is 34.0. The van der Waals surface area contributed by atoms with Gasteiger partial charge in [0.1, 0.15) is 17.8 Å². The lowest BCUT2D eigenvalue weighted by molar-refractivity contribution is -0.148. The van der Waals surface area contributed by atoms with Crippen LogP contribution in [0.25, 0.3) is 0 Å². The first-order chi connectivity index (χ1) is 21.8. The molecule has 3 atom stereocenters. The fourth-order valence-electron chi connectivity index (χ4n) is 5.19. The summed E-state index contributed by atoms with van der Waals surface area (Å²) < 4.78 is 0. The van der Waals surface area contributed by atoms with Gasteiger partial charge in [-0.2, -0.15) is 0 Å². The van der Waals surface area contributed by atoms with Crippen molar-refractivity contribution in [3.8, 4) is 0 Å². The molecular weight excluding hydrogens is 588 g/mol. The first-order valence-corrected chi connectivity index (χ1v) is 16.1. The summed E-state index contributed by atoms with van der Waals surface area (Å²) >= 11 is 0. The van der Waals surface area contributed by atoms with Crippen molar-refractivity contribution in [1.29, 1.82) is 0 Å². The summed E-state index contributed by atoms with van der Waals surface area (Å²) in [5.41, 5.74) is 1.16. The number of allylic oxidation sites excluding steroid dienone is 1. The number of rotatable bonds is 14. The zero-order valence-electron chi connectivity index (χ0n) is 27.8. The Kier molecular flexibility index (Phi) is 12.8. The molecule has 12 nitrogen and oxygen atoms in total. The van der Waals surface area contributed by atoms with Gasteiger partial charge in [0.05, 0.1) is 12.6 Å². The quantitative estimate of drug-likeness (QED) is 0.139. The van der Waals surface area contributed by atoms with E-state index in [9.17, 15) is 28.8 Å². The van der Waals surface area contributed by atoms with Gasteiger partial charge in [0.2, 0.25) is 23.5 Å². The molecular formula is C34H48N6O6. The number of aliphatic imine (C=N–C) groups is 1. The smallest absolute Gasteiger partial charge is 0.289 e. The van der Waals surface area contributed by atoms with Crippen molar-refractivity contribution < 1.29 is 28.8 Å². The van der Waals surface area contributed by atoms with Crippen LogP contribution < -0.4 is 21.3 Å². The molecule has 0 spiro atoms. The second-order valence-electron chi connectivity index (χ2n) is 12.9. The van der Waals surface area contributed by atoms with Gasteiger partial charge in [-0.3, -0.25) is 33.8 Å². The second kappa shape index (κ2) is 16.3. The number of benzene rings is 1. The Balaban J connectivity index is 1.82. The molecule has 1 aliphatic carbocycles. The Morgan fingerprint density at radius 1 is 1.00 bits per heavy atom. The van der Waals surface area contributed by atoms with Gasteiger partial charge in [-0.25, -0.2) is 0 Å². The second-order valence-corrected chi connectivity index (χ2v) is 12.9. The fraction of sp³-hybridized carbons (Fsp3) is 0.559. The number of fused-ring (bicyclic) bond motifs is 1. The van der Waals surface area contributed by atoms with E-state index in [0.717, 1.165) is 24.0 Å². The van der Waals surface area contributed by atoms with Crippen LogP contribution in [-0.2, 0) is 41.7 Å². The summed E-state index contributed by atoms with van der Waals surface area (Å²) in [5.74, 6) is -3.55. The molecule has 46 heavy (non-hydrogen) atoms. The average Bonchev–Trinajstić information content (AvgIpc) is 3.84. The van der Waals surface area contributed by atoms with E-state index >= 15 is 0 Å². The van der Waals surface area contributed by atoms with Crippen LogP contribution in [0, 0.1) is 5.41 Å². The molecule has 0 saturated heterocycles. The minimum atomic E-state index is -1.05. The molecule has 1 aromatic carbocycles. The molecule has 4 N–H and O–H groups in total. The summed E-state index contributed by atoms with van der Waals surface area (Å²) in [6.07, 6.45) is 6.44. The molecule has 1 aromatic rings. The topological polar surface area (TPSA) is 166 Å². The third-order valence-electron chi connectivity index (χ3n) is 7.93. The van der Waals surface area contributed by atoms with Gasteiger partial charge < -0.3 is 26.2 Å². The van der Waals surface area contributed by atoms with Gasteiger partial charge in [0.25, 0.3) is 11.8 Å². The highest BCUT2D eigenvalue weighted by atomic mass is 16.2. The van der Waals surface area contributed by atoms with Crippen LogP contribution in [0.2, 0.25) is 0 Å². The minimum absolute atomic E-state index is 0.00466. The van der Waals surface area contributed by atoms with Gasteiger partial charge in [0, 0.05) is 25.2 Å². The first kappa shape index (κ1) is 36.1. The third kappa shape index (κ3) is 9.82. The summed E-state index contributed by atoms with van der Waals surface area (Å²) in [6.45, 7) is 10.5. The van der Waals surface area contributed by atoms with Crippen LogP contribution in [0.4, 0.5) is 0 Å². The highest BCUT2D eigenvalue weighted by Crippen LogP contribution is 2.28. The van der Waals surface area contributed by atoms with Gasteiger partial charge in [0.15, 0.2) is 0 Å². The number of nitrogens with one attached hydrogen (secondary N) is 4. The molecule has 1 aliphatic heterocycles. The molecule has 0 unspecified atom stereocenters. The Morgan fingerprint density at radius 2 is 1.67 bits per heavy atom. The van der Waals surface area contributed by atoms with E-state index in [-0.39, 0.29) is 37.7 Å². The summed E-state index contributed by atoms with van der Waals surface area (Å²) in [4.78, 5) is 84.8. The van der Waals surface area contributed by atoms with E-state index in [4.69, 9.17) is 0 Å². The lowest BCUT2D eigenvalue weighted by Gasteiger charge is -2.41. The lowest BCUT2D eigenvalue weighted by atomic mass is 9.84. The van der Waals surface area contributed by atoms with Crippen molar-refractivity contribution in [3.05, 3.63) is 47.2 Å². The monoisotopic (exact) mass is 636 g/mol. The number of hydrogen-bond donors (Lipinski definition) is 4. The number of nitrogens with zero attached hydrogens (tertiary/aromatic N) is 2. The predicted molar refractivity (Wildman–Crippen MR) is 174 cm³/mol. The van der Waals surface area contributed by atoms with Gasteiger partial charge in [-0.05, 0) is 49.1 Å². The molecule has 1 heterocycles. The molecule has 0 bridgehead atoms. The first-order valence-electron chi connectivity index (χ1n) is 16.1. The van der Waals surface area contributed by atoms with Gasteiger partial charge >= 0.3 is 0 Å². The molecule has 5 amide bonds. The van der Waals surface area contributed by atoms with Crippen molar-refractivity contribution in [2.45, 2.75) is 111 Å². The van der Waals surface area contributed by atoms with Crippen LogP contribution in [0.15, 0.2) is 41.0 Å². The van der Waals surface area contributed by atoms with Crippen molar-refractivity contribution in [2.75, 3.05) is 6.54 Å². The van der Waals surface area contributed by atoms with Crippen molar-refractivity contribution >= 4 is 41.5 Å². The number of ketones is 1. The molecule has 1 fully saturated rings. The Labute approximate surface area is 271 Å². The van der Waals surface area contributed by atoms with E-state index in [0.29, 0.717) is 12.8 Å². The maximum absolute atomic E-state index is 14.3. The van der Waals surface area contributed by atoms with Crippen molar-refractivity contribution in [3.63, 3.8) is 0 Å². The Bertz CT molecular complexity index is 1380. The molecule has 0 radical (unpaired) electrons. The number of carbonyl (C=O) groups is 6. The molecule has 2 aliphatic rings. The van der Waals surface area contributed by atoms with Gasteiger partial charge in [-0.1, -0.05) is 71.4 Å². The van der Waals surface area contributed by atoms with Crippen LogP contribution in [0.5, 0.6) is 0 Å². The van der Waals surface area contributed by atoms with E-state index in [1.165, 1.54) is 4.90 Å². The number of hydrogen-bond acceptors (Lipinski definition) is 7. The molecule has 250 valence electrons. The van der Waals surface area contributed by atoms with Gasteiger partial charge in [-0.15, -0.1) is 0 Å². The summed E-state index contributed by atoms with van der Waals surface area (Å²) in [6, 6.07) is 4.41. The minimum Gasteiger partial charge on any atom is -0.347 e. The standard InChI is InChI=1S/C34H48N6O6/c1-7-12-25(28(42)32(45)37-23-15-16-23)38-31(44)26-18-21-13-10-11-14-22(21)20-40(26)33(46)29(34(4,5)6)39-27(41)19-36-30(43)24(9-3)35-17-8-2/h9-11,13-14,17,23,25-26,29H,7-8,12,15-16,18-20H2,1-6H3,(H,36,43)(H,37,45)(H,38,44)(H,39,41)/b24-9-,35-17?/t25-,26-,29+/m0/s1. The molecule has 12 heteroatoms. The largest absolute Gasteiger partial charge is 0.347 e. The zero-order valence-corrected chi connectivity index (χ0v) is 27.8. The lowest BCUT2D eigenvalue weighted by Crippen LogP contribution is -2.62. The van der Waals surface area contributed by atoms with Crippen molar-refractivity contribution in [2.24, 2.45) is 10.4 Å². The average molecular weight is 637 g/mol. The third-order valence-corrected chi connectivity index (χ3v) is 7.93. The van der Waals surface area contributed by atoms with E-state index in [2.05, 4.69) is 26.3 Å². The maximum atomic E-state index is 14.3. The molecule has 1 saturated carbocycles. The van der Waals surface area contributed by atoms with Crippen LogP contribution in [-0.4, -0.2) is 77.1 Å². The van der Waals surface area contributed by atoms with Crippen molar-refractivity contribution in [1.82, 2.24) is 26.2 Å². The predicted octanol–water partition coefficient (Wildman–Crippen LogP) is 2.10. The molecule has 0 aromatic heterocycles. The number of Topliss-reactive ketones (excluding diaryl/α,β-unsaturated/α-hetero) is 1. The highest BCUT2D eigenvalue weighted by molar-refractivity contribution is 6.38. The van der Waals surface area contributed by atoms with E-state index < -0.39 is 58.9 Å². The fourth-order valence-corrected chi connectivity index (χ4v) is 5.19. The Hall–Kier alpha value is -4.35. The normalized spacial score (nSPS) is 17.8. The maximum Gasteiger partial charge on any atom is 0.289 e. The Morgan fingerprint density at radius 3 is 2.26 bits per heavy atom. The number of amides is 5. The number of carbonyl (C=O) groups excluding carboxylic acids is 6. The highest BCUT2D eigenvalue weighted by Gasteiger charge is 2.43. The SMILES string of the molecule is C/C=C(\N=CCC)C(=O)NCC(=O)N[C@H](C(=O)N1Cc2ccccc2C[C@H]1C(=O)N[C@@H](CCC)C(=O)C(=O)NC1CC1)C(C)(C)C. The van der Waals surface area contributed by atoms with E-state index in [1.54, 1.807) is 40.0 Å². The van der Waals surface area contributed by atoms with Crippen LogP contribution >= 0.6 is 0 Å².